The van der Waals surface area contributed by atoms with Crippen molar-refractivity contribution < 1.29 is 4.79 Å². The van der Waals surface area contributed by atoms with Gasteiger partial charge in [0.1, 0.15) is 0 Å². The Balaban J connectivity index is 1.54. The first-order valence-electron chi connectivity index (χ1n) is 9.54. The molecule has 7 heteroatoms. The van der Waals surface area contributed by atoms with Crippen molar-refractivity contribution in [3.63, 3.8) is 0 Å². The van der Waals surface area contributed by atoms with Gasteiger partial charge in [-0.2, -0.15) is 0 Å². The topological polar surface area (TPSA) is 63.9 Å². The van der Waals surface area contributed by atoms with Crippen molar-refractivity contribution in [2.24, 2.45) is 0 Å². The van der Waals surface area contributed by atoms with Crippen molar-refractivity contribution in [2.45, 2.75) is 11.7 Å². The van der Waals surface area contributed by atoms with Crippen LogP contribution in [0.1, 0.15) is 5.56 Å². The number of para-hydroxylation sites is 1. The van der Waals surface area contributed by atoms with Gasteiger partial charge in [-0.25, -0.2) is 0 Å². The summed E-state index contributed by atoms with van der Waals surface area (Å²) in [4.78, 5) is 18.5. The molecule has 150 valence electrons. The maximum absolute atomic E-state index is 12.7. The van der Waals surface area contributed by atoms with E-state index in [0.717, 1.165) is 22.6 Å². The lowest BCUT2D eigenvalue weighted by Crippen LogP contribution is -2.27. The standard InChI is InChI=1S/C23H21N5OS/c1-27(16-18-9-8-14-24-15-18)21(29)17-30-23-26-25-22(19-10-4-2-5-11-19)28(23)20-12-6-3-7-13-20/h2-15H,16-17H2,1H3. The Bertz CT molecular complexity index is 1100. The lowest BCUT2D eigenvalue weighted by Gasteiger charge is -2.17. The number of carbonyl (C=O) groups excluding carboxylic acids is 1. The maximum atomic E-state index is 12.7. The Kier molecular flexibility index (Phi) is 6.20. The zero-order valence-corrected chi connectivity index (χ0v) is 17.4. The van der Waals surface area contributed by atoms with Gasteiger partial charge in [0.15, 0.2) is 11.0 Å². The Labute approximate surface area is 179 Å². The van der Waals surface area contributed by atoms with E-state index >= 15 is 0 Å². The minimum atomic E-state index is 0.0210. The molecule has 0 aliphatic heterocycles. The number of hydrogen-bond acceptors (Lipinski definition) is 5. The molecule has 0 spiro atoms. The van der Waals surface area contributed by atoms with Crippen molar-refractivity contribution in [2.75, 3.05) is 12.8 Å². The summed E-state index contributed by atoms with van der Waals surface area (Å²) in [5.41, 5.74) is 2.93. The van der Waals surface area contributed by atoms with Gasteiger partial charge in [0.05, 0.1) is 5.75 Å². The van der Waals surface area contributed by atoms with Crippen LogP contribution in [0.5, 0.6) is 0 Å². The van der Waals surface area contributed by atoms with Crippen molar-refractivity contribution in [1.29, 1.82) is 0 Å². The predicted octanol–water partition coefficient (Wildman–Crippen LogP) is 4.08. The highest BCUT2D eigenvalue weighted by Gasteiger charge is 2.18. The monoisotopic (exact) mass is 415 g/mol. The summed E-state index contributed by atoms with van der Waals surface area (Å²) < 4.78 is 1.99. The first kappa shape index (κ1) is 19.8. The van der Waals surface area contributed by atoms with E-state index in [1.807, 2.05) is 77.4 Å². The third-order valence-corrected chi connectivity index (χ3v) is 5.49. The van der Waals surface area contributed by atoms with Gasteiger partial charge < -0.3 is 4.90 Å². The van der Waals surface area contributed by atoms with Gasteiger partial charge in [-0.05, 0) is 23.8 Å². The van der Waals surface area contributed by atoms with Crippen LogP contribution < -0.4 is 0 Å². The van der Waals surface area contributed by atoms with Gasteiger partial charge in [-0.1, -0.05) is 66.4 Å². The van der Waals surface area contributed by atoms with Crippen molar-refractivity contribution >= 4 is 17.7 Å². The largest absolute Gasteiger partial charge is 0.341 e. The van der Waals surface area contributed by atoms with Crippen LogP contribution in [0.4, 0.5) is 0 Å². The number of pyridine rings is 1. The zero-order valence-electron chi connectivity index (χ0n) is 16.5. The maximum Gasteiger partial charge on any atom is 0.233 e. The molecular formula is C23H21N5OS. The van der Waals surface area contributed by atoms with E-state index in [2.05, 4.69) is 15.2 Å². The van der Waals surface area contributed by atoms with Gasteiger partial charge in [-0.3, -0.25) is 14.3 Å². The van der Waals surface area contributed by atoms with E-state index in [4.69, 9.17) is 0 Å². The van der Waals surface area contributed by atoms with Crippen LogP contribution in [0.25, 0.3) is 17.1 Å². The van der Waals surface area contributed by atoms with E-state index in [1.54, 1.807) is 24.3 Å². The molecule has 0 N–H and O–H groups in total. The number of thioether (sulfide) groups is 1. The van der Waals surface area contributed by atoms with E-state index in [1.165, 1.54) is 11.8 Å². The molecule has 0 aliphatic rings. The minimum absolute atomic E-state index is 0.0210. The highest BCUT2D eigenvalue weighted by atomic mass is 32.2. The highest BCUT2D eigenvalue weighted by Crippen LogP contribution is 2.28. The predicted molar refractivity (Wildman–Crippen MR) is 118 cm³/mol. The third-order valence-electron chi connectivity index (χ3n) is 4.57. The molecule has 6 nitrogen and oxygen atoms in total. The van der Waals surface area contributed by atoms with E-state index in [-0.39, 0.29) is 11.7 Å². The lowest BCUT2D eigenvalue weighted by atomic mass is 10.2. The fraction of sp³-hybridized carbons (Fsp3) is 0.130. The molecule has 1 amide bonds. The van der Waals surface area contributed by atoms with Crippen molar-refractivity contribution in [3.8, 4) is 17.1 Å². The normalized spacial score (nSPS) is 10.7. The second-order valence-electron chi connectivity index (χ2n) is 6.74. The van der Waals surface area contributed by atoms with Crippen LogP contribution >= 0.6 is 11.8 Å². The number of aromatic nitrogens is 4. The molecular weight excluding hydrogens is 394 g/mol. The quantitative estimate of drug-likeness (QED) is 0.426. The summed E-state index contributed by atoms with van der Waals surface area (Å²) in [7, 11) is 1.80. The summed E-state index contributed by atoms with van der Waals surface area (Å²) in [6.45, 7) is 0.522. The Morgan fingerprint density at radius 1 is 0.967 bits per heavy atom. The number of hydrogen-bond donors (Lipinski definition) is 0. The molecule has 4 rings (SSSR count). The molecule has 30 heavy (non-hydrogen) atoms. The lowest BCUT2D eigenvalue weighted by molar-refractivity contribution is -0.127. The first-order chi connectivity index (χ1) is 14.7. The summed E-state index contributed by atoms with van der Waals surface area (Å²) >= 11 is 1.39. The zero-order chi connectivity index (χ0) is 20.8. The Morgan fingerprint density at radius 3 is 2.40 bits per heavy atom. The average molecular weight is 416 g/mol. The summed E-state index contributed by atoms with van der Waals surface area (Å²) in [5, 5.41) is 9.48. The molecule has 2 aromatic heterocycles. The Morgan fingerprint density at radius 2 is 1.70 bits per heavy atom. The fourth-order valence-corrected chi connectivity index (χ4v) is 3.93. The second-order valence-corrected chi connectivity index (χ2v) is 7.69. The van der Waals surface area contributed by atoms with Crippen LogP contribution in [0.2, 0.25) is 0 Å². The van der Waals surface area contributed by atoms with Crippen LogP contribution in [-0.2, 0) is 11.3 Å². The van der Waals surface area contributed by atoms with E-state index < -0.39 is 0 Å². The number of amides is 1. The Hall–Kier alpha value is -3.45. The molecule has 0 saturated carbocycles. The van der Waals surface area contributed by atoms with E-state index in [0.29, 0.717) is 11.7 Å². The number of carbonyl (C=O) groups is 1. The third kappa shape index (κ3) is 4.58. The molecule has 2 heterocycles. The van der Waals surface area contributed by atoms with E-state index in [9.17, 15) is 4.79 Å². The molecule has 0 radical (unpaired) electrons. The van der Waals surface area contributed by atoms with Crippen molar-refractivity contribution in [3.05, 3.63) is 90.8 Å². The summed E-state index contributed by atoms with van der Waals surface area (Å²) in [6, 6.07) is 23.7. The van der Waals surface area contributed by atoms with Crippen molar-refractivity contribution in [1.82, 2.24) is 24.6 Å². The average Bonchev–Trinajstić information content (AvgIpc) is 3.23. The van der Waals surface area contributed by atoms with Gasteiger partial charge in [0.25, 0.3) is 0 Å². The van der Waals surface area contributed by atoms with Gasteiger partial charge >= 0.3 is 0 Å². The van der Waals surface area contributed by atoms with Crippen LogP contribution in [0.3, 0.4) is 0 Å². The van der Waals surface area contributed by atoms with Gasteiger partial charge in [0.2, 0.25) is 5.91 Å². The van der Waals surface area contributed by atoms with Crippen LogP contribution in [0, 0.1) is 0 Å². The molecule has 0 aliphatic carbocycles. The highest BCUT2D eigenvalue weighted by molar-refractivity contribution is 7.99. The minimum Gasteiger partial charge on any atom is -0.341 e. The number of rotatable bonds is 7. The van der Waals surface area contributed by atoms with Gasteiger partial charge in [-0.15, -0.1) is 10.2 Å². The molecule has 2 aromatic carbocycles. The second kappa shape index (κ2) is 9.37. The molecule has 0 fully saturated rings. The molecule has 0 bridgehead atoms. The SMILES string of the molecule is CN(Cc1cccnc1)C(=O)CSc1nnc(-c2ccccc2)n1-c1ccccc1. The van der Waals surface area contributed by atoms with Crippen LogP contribution in [-0.4, -0.2) is 43.4 Å². The fourth-order valence-electron chi connectivity index (χ4n) is 3.04. The molecule has 4 aromatic rings. The summed E-state index contributed by atoms with van der Waals surface area (Å²) in [6.07, 6.45) is 3.50. The molecule has 0 atom stereocenters. The first-order valence-corrected chi connectivity index (χ1v) is 10.5. The van der Waals surface area contributed by atoms with Crippen LogP contribution in [0.15, 0.2) is 90.3 Å². The smallest absolute Gasteiger partial charge is 0.233 e. The number of benzene rings is 2. The molecule has 0 saturated heterocycles. The number of nitrogens with zero attached hydrogens (tertiary/aromatic N) is 5. The summed E-state index contributed by atoms with van der Waals surface area (Å²) in [5.74, 6) is 1.05. The molecule has 0 unspecified atom stereocenters. The van der Waals surface area contributed by atoms with Gasteiger partial charge in [0, 0.05) is 37.2 Å².